The van der Waals surface area contributed by atoms with E-state index in [4.69, 9.17) is 9.29 Å². The molecule has 0 bridgehead atoms. The maximum Gasteiger partial charge on any atom is 0.297 e. The highest BCUT2D eigenvalue weighted by molar-refractivity contribution is 7.86. The van der Waals surface area contributed by atoms with Crippen molar-refractivity contribution in [2.45, 2.75) is 24.0 Å². The first-order valence-corrected chi connectivity index (χ1v) is 6.15. The van der Waals surface area contributed by atoms with E-state index in [1.807, 2.05) is 0 Å². The smallest absolute Gasteiger partial charge is 0.297 e. The predicted molar refractivity (Wildman–Crippen MR) is 57.3 cm³/mol. The van der Waals surface area contributed by atoms with E-state index < -0.39 is 28.9 Å². The van der Waals surface area contributed by atoms with Gasteiger partial charge in [0.25, 0.3) is 10.1 Å². The third-order valence-corrected chi connectivity index (χ3v) is 3.45. The number of hydrogen-bond donors (Lipinski definition) is 2. The lowest BCUT2D eigenvalue weighted by Crippen LogP contribution is -2.31. The number of aliphatic hydroxyl groups excluding tert-OH is 2. The zero-order chi connectivity index (χ0) is 12.2. The zero-order valence-corrected chi connectivity index (χ0v) is 9.59. The van der Waals surface area contributed by atoms with Crippen molar-refractivity contribution < 1.29 is 22.8 Å². The minimum atomic E-state index is -3.89. The molecule has 0 aliphatic carbocycles. The highest BCUT2D eigenvalue weighted by Crippen LogP contribution is 2.14. The summed E-state index contributed by atoms with van der Waals surface area (Å²) in [7, 11) is -3.89. The lowest BCUT2D eigenvalue weighted by Gasteiger charge is -2.16. The Kier molecular flexibility index (Phi) is 4.43. The molecule has 0 heterocycles. The van der Waals surface area contributed by atoms with Crippen molar-refractivity contribution in [3.05, 3.63) is 30.3 Å². The van der Waals surface area contributed by atoms with Crippen LogP contribution in [0.2, 0.25) is 0 Å². The van der Waals surface area contributed by atoms with Crippen LogP contribution in [0.5, 0.6) is 0 Å². The number of aliphatic hydroxyl groups is 2. The largest absolute Gasteiger partial charge is 0.394 e. The summed E-state index contributed by atoms with van der Waals surface area (Å²) in [6.45, 7) is 0.826. The van der Waals surface area contributed by atoms with E-state index in [0.717, 1.165) is 0 Å². The molecule has 0 aliphatic rings. The first-order valence-electron chi connectivity index (χ1n) is 4.74. The number of benzene rings is 1. The van der Waals surface area contributed by atoms with Gasteiger partial charge in [-0.25, -0.2) is 0 Å². The monoisotopic (exact) mass is 246 g/mol. The van der Waals surface area contributed by atoms with E-state index in [1.165, 1.54) is 19.1 Å². The maximum atomic E-state index is 11.6. The fourth-order valence-electron chi connectivity index (χ4n) is 1.06. The van der Waals surface area contributed by atoms with E-state index in [1.54, 1.807) is 18.2 Å². The summed E-state index contributed by atoms with van der Waals surface area (Å²) in [4.78, 5) is 0.0204. The Morgan fingerprint density at radius 3 is 2.38 bits per heavy atom. The molecule has 0 aromatic heterocycles. The van der Waals surface area contributed by atoms with Crippen LogP contribution < -0.4 is 0 Å². The Balaban J connectivity index is 2.81. The second-order valence-electron chi connectivity index (χ2n) is 3.32. The van der Waals surface area contributed by atoms with Gasteiger partial charge in [0.15, 0.2) is 0 Å². The highest BCUT2D eigenvalue weighted by atomic mass is 32.2. The van der Waals surface area contributed by atoms with Crippen molar-refractivity contribution in [1.29, 1.82) is 0 Å². The summed E-state index contributed by atoms with van der Waals surface area (Å²) in [5.41, 5.74) is 0. The Hall–Kier alpha value is -0.950. The molecule has 16 heavy (non-hydrogen) atoms. The SMILES string of the molecule is C[C@@H](OS(=O)(=O)c1ccccc1)C(O)CO. The Labute approximate surface area is 94.4 Å². The van der Waals surface area contributed by atoms with Gasteiger partial charge in [-0.05, 0) is 19.1 Å². The van der Waals surface area contributed by atoms with Crippen LogP contribution in [0.15, 0.2) is 35.2 Å². The van der Waals surface area contributed by atoms with Crippen LogP contribution in [-0.4, -0.2) is 37.4 Å². The van der Waals surface area contributed by atoms with Crippen molar-refractivity contribution in [2.24, 2.45) is 0 Å². The van der Waals surface area contributed by atoms with Gasteiger partial charge in [-0.15, -0.1) is 0 Å². The van der Waals surface area contributed by atoms with E-state index in [-0.39, 0.29) is 4.90 Å². The molecule has 90 valence electrons. The van der Waals surface area contributed by atoms with Gasteiger partial charge in [0.2, 0.25) is 0 Å². The average Bonchev–Trinajstić information content (AvgIpc) is 2.28. The third-order valence-electron chi connectivity index (χ3n) is 2.04. The van der Waals surface area contributed by atoms with Crippen molar-refractivity contribution in [3.8, 4) is 0 Å². The Morgan fingerprint density at radius 1 is 1.31 bits per heavy atom. The summed E-state index contributed by atoms with van der Waals surface area (Å²) in [6.07, 6.45) is -2.21. The van der Waals surface area contributed by atoms with Gasteiger partial charge in [-0.3, -0.25) is 4.18 Å². The fraction of sp³-hybridized carbons (Fsp3) is 0.400. The standard InChI is InChI=1S/C10H14O5S/c1-8(10(12)7-11)15-16(13,14)9-5-3-2-4-6-9/h2-6,8,10-12H,7H2,1H3/t8-,10?/m1/s1. The molecule has 0 radical (unpaired) electrons. The summed E-state index contributed by atoms with van der Waals surface area (Å²) in [5.74, 6) is 0. The van der Waals surface area contributed by atoms with Crippen molar-refractivity contribution in [2.75, 3.05) is 6.61 Å². The molecule has 1 aromatic rings. The van der Waals surface area contributed by atoms with Gasteiger partial charge in [0.05, 0.1) is 11.5 Å². The van der Waals surface area contributed by atoms with Crippen LogP contribution in [0.4, 0.5) is 0 Å². The normalized spacial score (nSPS) is 15.7. The summed E-state index contributed by atoms with van der Waals surface area (Å²) in [6, 6.07) is 7.62. The highest BCUT2D eigenvalue weighted by Gasteiger charge is 2.23. The van der Waals surface area contributed by atoms with E-state index in [2.05, 4.69) is 0 Å². The molecule has 6 heteroatoms. The first-order chi connectivity index (χ1) is 7.47. The van der Waals surface area contributed by atoms with Crippen molar-refractivity contribution in [3.63, 3.8) is 0 Å². The maximum absolute atomic E-state index is 11.6. The number of hydrogen-bond acceptors (Lipinski definition) is 5. The van der Waals surface area contributed by atoms with Gasteiger partial charge in [0, 0.05) is 0 Å². The van der Waals surface area contributed by atoms with Gasteiger partial charge in [-0.2, -0.15) is 8.42 Å². The Morgan fingerprint density at radius 2 is 1.88 bits per heavy atom. The summed E-state index contributed by atoms with van der Waals surface area (Å²) < 4.78 is 28.0. The zero-order valence-electron chi connectivity index (χ0n) is 8.78. The van der Waals surface area contributed by atoms with Gasteiger partial charge in [0.1, 0.15) is 12.2 Å². The minimum Gasteiger partial charge on any atom is -0.394 e. The second-order valence-corrected chi connectivity index (χ2v) is 4.89. The molecule has 0 aliphatic heterocycles. The van der Waals surface area contributed by atoms with E-state index in [0.29, 0.717) is 0 Å². The van der Waals surface area contributed by atoms with E-state index >= 15 is 0 Å². The van der Waals surface area contributed by atoms with Crippen molar-refractivity contribution >= 4 is 10.1 Å². The molecule has 0 amide bonds. The third kappa shape index (κ3) is 3.28. The average molecular weight is 246 g/mol. The summed E-state index contributed by atoms with van der Waals surface area (Å²) in [5, 5.41) is 17.8. The predicted octanol–water partition coefficient (Wildman–Crippen LogP) is 0.134. The molecule has 1 rings (SSSR count). The molecule has 1 aromatic carbocycles. The quantitative estimate of drug-likeness (QED) is 0.722. The molecular formula is C10H14O5S. The van der Waals surface area contributed by atoms with Crippen LogP contribution in [0.1, 0.15) is 6.92 Å². The van der Waals surface area contributed by atoms with Crippen LogP contribution in [0.25, 0.3) is 0 Å². The molecule has 0 spiro atoms. The molecule has 0 saturated carbocycles. The molecule has 2 atom stereocenters. The van der Waals surface area contributed by atoms with Crippen LogP contribution in [0, 0.1) is 0 Å². The molecule has 0 saturated heterocycles. The van der Waals surface area contributed by atoms with Gasteiger partial charge < -0.3 is 10.2 Å². The molecule has 2 N–H and O–H groups in total. The second kappa shape index (κ2) is 5.40. The summed E-state index contributed by atoms with van der Waals surface area (Å²) >= 11 is 0. The minimum absolute atomic E-state index is 0.0204. The van der Waals surface area contributed by atoms with Gasteiger partial charge in [-0.1, -0.05) is 18.2 Å². The van der Waals surface area contributed by atoms with E-state index in [9.17, 15) is 13.5 Å². The topological polar surface area (TPSA) is 83.8 Å². The van der Waals surface area contributed by atoms with Crippen LogP contribution in [-0.2, 0) is 14.3 Å². The molecule has 0 fully saturated rings. The fourth-order valence-corrected chi connectivity index (χ4v) is 2.18. The molecular weight excluding hydrogens is 232 g/mol. The molecule has 1 unspecified atom stereocenters. The molecule has 5 nitrogen and oxygen atoms in total. The first kappa shape index (κ1) is 13.1. The number of rotatable bonds is 5. The lowest BCUT2D eigenvalue weighted by atomic mass is 10.2. The lowest BCUT2D eigenvalue weighted by molar-refractivity contribution is 0.0110. The van der Waals surface area contributed by atoms with Crippen molar-refractivity contribution in [1.82, 2.24) is 0 Å². The Bertz CT molecular complexity index is 414. The van der Waals surface area contributed by atoms with Gasteiger partial charge >= 0.3 is 0 Å². The van der Waals surface area contributed by atoms with Crippen LogP contribution in [0.3, 0.4) is 0 Å². The van der Waals surface area contributed by atoms with Crippen LogP contribution >= 0.6 is 0 Å².